The third-order valence-corrected chi connectivity index (χ3v) is 5.35. The molecule has 4 heterocycles. The van der Waals surface area contributed by atoms with Gasteiger partial charge in [0.25, 0.3) is 0 Å². The molecule has 0 spiro atoms. The number of furan rings is 1. The number of rotatable bonds is 4. The number of fused-ring (bicyclic) bond motifs is 3. The van der Waals surface area contributed by atoms with Crippen LogP contribution in [0.3, 0.4) is 0 Å². The van der Waals surface area contributed by atoms with Gasteiger partial charge in [-0.15, -0.1) is 0 Å². The second-order valence-corrected chi connectivity index (χ2v) is 7.38. The minimum Gasteiger partial charge on any atom is -0.480 e. The Morgan fingerprint density at radius 2 is 2.14 bits per heavy atom. The molecule has 1 aromatic carbocycles. The van der Waals surface area contributed by atoms with E-state index in [1.807, 2.05) is 31.2 Å². The quantitative estimate of drug-likeness (QED) is 0.485. The molecule has 3 aromatic heterocycles. The number of carboxylic acid groups (broad SMARTS) is 1. The number of hydrogen-bond donors (Lipinski definition) is 3. The van der Waals surface area contributed by atoms with Gasteiger partial charge >= 0.3 is 5.97 Å². The Bertz CT molecular complexity index is 1230. The molecule has 1 aliphatic heterocycles. The van der Waals surface area contributed by atoms with E-state index in [2.05, 4.69) is 25.5 Å². The molecule has 2 unspecified atom stereocenters. The van der Waals surface area contributed by atoms with Gasteiger partial charge in [-0.05, 0) is 26.0 Å². The summed E-state index contributed by atoms with van der Waals surface area (Å²) in [5, 5.41) is 21.1. The molecule has 148 valence electrons. The van der Waals surface area contributed by atoms with E-state index in [4.69, 9.17) is 4.42 Å². The van der Waals surface area contributed by atoms with E-state index in [-0.39, 0.29) is 6.04 Å². The first kappa shape index (κ1) is 17.5. The van der Waals surface area contributed by atoms with E-state index in [1.165, 1.54) is 0 Å². The molecule has 1 fully saturated rings. The number of aromatic nitrogens is 4. The van der Waals surface area contributed by atoms with Crippen molar-refractivity contribution < 1.29 is 14.3 Å². The number of hydrogen-bond acceptors (Lipinski definition) is 7. The zero-order valence-electron chi connectivity index (χ0n) is 16.0. The molecule has 1 aliphatic rings. The Kier molecular flexibility index (Phi) is 3.90. The number of carbonyl (C=O) groups is 1. The summed E-state index contributed by atoms with van der Waals surface area (Å²) in [5.41, 5.74) is 2.90. The molecule has 0 amide bonds. The fourth-order valence-corrected chi connectivity index (χ4v) is 3.99. The summed E-state index contributed by atoms with van der Waals surface area (Å²) >= 11 is 0. The summed E-state index contributed by atoms with van der Waals surface area (Å²) in [5.74, 6) is 0.996. The molecule has 29 heavy (non-hydrogen) atoms. The van der Waals surface area contributed by atoms with Gasteiger partial charge in [-0.3, -0.25) is 5.10 Å². The highest BCUT2D eigenvalue weighted by Crippen LogP contribution is 2.36. The number of nitrogens with one attached hydrogen (secondary N) is 2. The summed E-state index contributed by atoms with van der Waals surface area (Å²) in [4.78, 5) is 22.9. The lowest BCUT2D eigenvalue weighted by atomic mass is 10.1. The van der Waals surface area contributed by atoms with Crippen molar-refractivity contribution in [2.45, 2.75) is 32.4 Å². The topological polar surface area (TPSA) is 120 Å². The molecule has 9 nitrogen and oxygen atoms in total. The maximum atomic E-state index is 12.0. The maximum Gasteiger partial charge on any atom is 0.326 e. The van der Waals surface area contributed by atoms with Crippen LogP contribution >= 0.6 is 0 Å². The van der Waals surface area contributed by atoms with Crippen molar-refractivity contribution in [3.63, 3.8) is 0 Å². The molecule has 3 N–H and O–H groups in total. The molecule has 2 atom stereocenters. The Morgan fingerprint density at radius 3 is 2.90 bits per heavy atom. The molecule has 9 heteroatoms. The predicted octanol–water partition coefficient (Wildman–Crippen LogP) is 2.86. The van der Waals surface area contributed by atoms with Gasteiger partial charge in [0, 0.05) is 30.0 Å². The standard InChI is InChI=1S/C20H20N6O3/c1-10-8-21-25-18(10)24-12-7-14(20(27)28)26(9-12)19-17-16(22-11(2)23-19)13-5-3-4-6-15(13)29-17/h3-6,8,12,14H,7,9H2,1-2H3,(H,27,28)(H2,21,24,25). The van der Waals surface area contributed by atoms with E-state index in [0.717, 1.165) is 16.8 Å². The number of anilines is 2. The minimum absolute atomic E-state index is 0.0788. The smallest absolute Gasteiger partial charge is 0.326 e. The summed E-state index contributed by atoms with van der Waals surface area (Å²) < 4.78 is 6.04. The number of para-hydroxylation sites is 1. The lowest BCUT2D eigenvalue weighted by Gasteiger charge is -2.22. The summed E-state index contributed by atoms with van der Waals surface area (Å²) in [6.45, 7) is 4.22. The van der Waals surface area contributed by atoms with Crippen LogP contribution in [-0.4, -0.2) is 49.9 Å². The second-order valence-electron chi connectivity index (χ2n) is 7.38. The third-order valence-electron chi connectivity index (χ3n) is 5.35. The maximum absolute atomic E-state index is 12.0. The van der Waals surface area contributed by atoms with E-state index in [9.17, 15) is 9.90 Å². The molecule has 0 saturated carbocycles. The third kappa shape index (κ3) is 2.86. The van der Waals surface area contributed by atoms with Crippen LogP contribution in [0.4, 0.5) is 11.6 Å². The lowest BCUT2D eigenvalue weighted by molar-refractivity contribution is -0.138. The fourth-order valence-electron chi connectivity index (χ4n) is 3.99. The zero-order valence-corrected chi connectivity index (χ0v) is 16.0. The van der Waals surface area contributed by atoms with Crippen molar-refractivity contribution >= 4 is 39.7 Å². The largest absolute Gasteiger partial charge is 0.480 e. The van der Waals surface area contributed by atoms with Crippen LogP contribution in [0.5, 0.6) is 0 Å². The van der Waals surface area contributed by atoms with Crippen LogP contribution < -0.4 is 10.2 Å². The molecular formula is C20H20N6O3. The van der Waals surface area contributed by atoms with E-state index in [0.29, 0.717) is 41.3 Å². The number of benzene rings is 1. The van der Waals surface area contributed by atoms with Crippen LogP contribution in [0.2, 0.25) is 0 Å². The first-order valence-electron chi connectivity index (χ1n) is 9.43. The van der Waals surface area contributed by atoms with Crippen LogP contribution in [0.15, 0.2) is 34.9 Å². The summed E-state index contributed by atoms with van der Waals surface area (Å²) in [6.07, 6.45) is 2.16. The SMILES string of the molecule is Cc1nc(N2CC(Nc3[nH]ncc3C)CC2C(=O)O)c2oc3ccccc3c2n1. The van der Waals surface area contributed by atoms with Crippen molar-refractivity contribution in [3.05, 3.63) is 41.9 Å². The number of nitrogens with zero attached hydrogens (tertiary/aromatic N) is 4. The summed E-state index contributed by atoms with van der Waals surface area (Å²) in [6, 6.07) is 6.85. The monoisotopic (exact) mass is 392 g/mol. The van der Waals surface area contributed by atoms with Gasteiger partial charge in [0.15, 0.2) is 11.4 Å². The van der Waals surface area contributed by atoms with Crippen LogP contribution in [-0.2, 0) is 4.79 Å². The minimum atomic E-state index is -0.892. The van der Waals surface area contributed by atoms with E-state index >= 15 is 0 Å². The Balaban J connectivity index is 1.58. The number of carboxylic acids is 1. The molecule has 1 saturated heterocycles. The molecule has 0 radical (unpaired) electrons. The lowest BCUT2D eigenvalue weighted by Crippen LogP contribution is -2.37. The van der Waals surface area contributed by atoms with Crippen molar-refractivity contribution in [1.29, 1.82) is 0 Å². The van der Waals surface area contributed by atoms with Crippen LogP contribution in [0, 0.1) is 13.8 Å². The van der Waals surface area contributed by atoms with Gasteiger partial charge < -0.3 is 19.7 Å². The van der Waals surface area contributed by atoms with Crippen molar-refractivity contribution in [2.24, 2.45) is 0 Å². The average Bonchev–Trinajstić information content (AvgIpc) is 3.39. The number of aliphatic carboxylic acids is 1. The first-order chi connectivity index (χ1) is 14.0. The normalized spacial score (nSPS) is 19.3. The van der Waals surface area contributed by atoms with Gasteiger partial charge in [0.2, 0.25) is 0 Å². The van der Waals surface area contributed by atoms with Gasteiger partial charge in [-0.25, -0.2) is 14.8 Å². The number of aryl methyl sites for hydroxylation is 2. The predicted molar refractivity (Wildman–Crippen MR) is 108 cm³/mol. The van der Waals surface area contributed by atoms with Gasteiger partial charge in [-0.2, -0.15) is 5.10 Å². The average molecular weight is 392 g/mol. The highest BCUT2D eigenvalue weighted by Gasteiger charge is 2.39. The van der Waals surface area contributed by atoms with Gasteiger partial charge in [0.05, 0.1) is 6.20 Å². The Morgan fingerprint density at radius 1 is 1.31 bits per heavy atom. The van der Waals surface area contributed by atoms with Crippen LogP contribution in [0.25, 0.3) is 22.1 Å². The van der Waals surface area contributed by atoms with Crippen molar-refractivity contribution in [1.82, 2.24) is 20.2 Å². The highest BCUT2D eigenvalue weighted by molar-refractivity contribution is 6.06. The van der Waals surface area contributed by atoms with Crippen LogP contribution in [0.1, 0.15) is 17.8 Å². The molecule has 0 bridgehead atoms. The van der Waals surface area contributed by atoms with Crippen molar-refractivity contribution in [2.75, 3.05) is 16.8 Å². The Hall–Kier alpha value is -3.62. The molecule has 0 aliphatic carbocycles. The van der Waals surface area contributed by atoms with Gasteiger partial charge in [0.1, 0.15) is 28.8 Å². The summed E-state index contributed by atoms with van der Waals surface area (Å²) in [7, 11) is 0. The number of H-pyrrole nitrogens is 1. The molecule has 4 aromatic rings. The fraction of sp³-hybridized carbons (Fsp3) is 0.300. The molecular weight excluding hydrogens is 372 g/mol. The van der Waals surface area contributed by atoms with E-state index in [1.54, 1.807) is 18.0 Å². The first-order valence-corrected chi connectivity index (χ1v) is 9.43. The van der Waals surface area contributed by atoms with Gasteiger partial charge in [-0.1, -0.05) is 12.1 Å². The highest BCUT2D eigenvalue weighted by atomic mass is 16.4. The number of aromatic amines is 1. The Labute approximate surface area is 165 Å². The van der Waals surface area contributed by atoms with E-state index < -0.39 is 12.0 Å². The van der Waals surface area contributed by atoms with Crippen molar-refractivity contribution in [3.8, 4) is 0 Å². The molecule has 5 rings (SSSR count). The second kappa shape index (κ2) is 6.47. The zero-order chi connectivity index (χ0) is 20.1.